The molecule has 0 aromatic heterocycles. The van der Waals surface area contributed by atoms with Crippen molar-refractivity contribution in [1.29, 1.82) is 0 Å². The Labute approximate surface area is 190 Å². The summed E-state index contributed by atoms with van der Waals surface area (Å²) < 4.78 is 32.9. The molecule has 0 aliphatic carbocycles. The van der Waals surface area contributed by atoms with Crippen LogP contribution in [0.1, 0.15) is 19.4 Å². The van der Waals surface area contributed by atoms with Crippen molar-refractivity contribution in [3.63, 3.8) is 0 Å². The summed E-state index contributed by atoms with van der Waals surface area (Å²) in [7, 11) is 0. The third-order valence-electron chi connectivity index (χ3n) is 5.33. The maximum Gasteiger partial charge on any atom is 0.282 e. The summed E-state index contributed by atoms with van der Waals surface area (Å²) in [5.74, 6) is -2.79. The van der Waals surface area contributed by atoms with Crippen molar-refractivity contribution in [3.8, 4) is 5.75 Å². The Morgan fingerprint density at radius 1 is 0.848 bits per heavy atom. The number of carbonyl (C=O) groups excluding carboxylic acids is 2. The summed E-state index contributed by atoms with van der Waals surface area (Å²) in [5, 5.41) is 0. The molecule has 0 saturated carbocycles. The van der Waals surface area contributed by atoms with Crippen molar-refractivity contribution in [2.75, 3.05) is 23.0 Å². The second kappa shape index (κ2) is 9.24. The van der Waals surface area contributed by atoms with Gasteiger partial charge in [-0.1, -0.05) is 30.3 Å². The topological polar surface area (TPSA) is 49.9 Å². The van der Waals surface area contributed by atoms with Crippen LogP contribution in [0.25, 0.3) is 5.57 Å². The van der Waals surface area contributed by atoms with E-state index in [1.807, 2.05) is 44.2 Å². The number of likely N-dealkylation sites (N-methyl/N-ethyl adjacent to an activating group) is 1. The van der Waals surface area contributed by atoms with Gasteiger partial charge in [-0.05, 0) is 55.8 Å². The first-order chi connectivity index (χ1) is 16.0. The van der Waals surface area contributed by atoms with Gasteiger partial charge in [0.2, 0.25) is 0 Å². The number of para-hydroxylation sites is 1. The van der Waals surface area contributed by atoms with E-state index in [1.165, 1.54) is 6.07 Å². The van der Waals surface area contributed by atoms with Crippen molar-refractivity contribution in [1.82, 2.24) is 0 Å². The number of hydrogen-bond donors (Lipinski definition) is 0. The molecule has 0 unspecified atom stereocenters. The van der Waals surface area contributed by atoms with Crippen molar-refractivity contribution >= 4 is 28.8 Å². The van der Waals surface area contributed by atoms with Gasteiger partial charge in [0, 0.05) is 18.3 Å². The second-order valence-electron chi connectivity index (χ2n) is 7.30. The number of benzene rings is 3. The van der Waals surface area contributed by atoms with E-state index < -0.39 is 23.4 Å². The minimum absolute atomic E-state index is 0.0357. The van der Waals surface area contributed by atoms with Gasteiger partial charge in [-0.3, -0.25) is 9.59 Å². The van der Waals surface area contributed by atoms with Crippen LogP contribution >= 0.6 is 0 Å². The predicted octanol–water partition coefficient (Wildman–Crippen LogP) is 5.17. The molecular formula is C26H22F2N2O3. The predicted molar refractivity (Wildman–Crippen MR) is 123 cm³/mol. The highest BCUT2D eigenvalue weighted by Crippen LogP contribution is 2.37. The van der Waals surface area contributed by atoms with E-state index in [1.54, 1.807) is 29.2 Å². The van der Waals surface area contributed by atoms with Gasteiger partial charge in [0.25, 0.3) is 11.8 Å². The molecule has 33 heavy (non-hydrogen) atoms. The van der Waals surface area contributed by atoms with E-state index in [0.29, 0.717) is 24.5 Å². The Hall–Kier alpha value is -4.00. The van der Waals surface area contributed by atoms with E-state index in [2.05, 4.69) is 0 Å². The highest BCUT2D eigenvalue weighted by Gasteiger charge is 2.42. The molecule has 3 aromatic rings. The zero-order valence-electron chi connectivity index (χ0n) is 18.2. The molecule has 0 saturated heterocycles. The smallest absolute Gasteiger partial charge is 0.282 e. The maximum absolute atomic E-state index is 13.9. The van der Waals surface area contributed by atoms with Crippen molar-refractivity contribution in [2.24, 2.45) is 0 Å². The summed E-state index contributed by atoms with van der Waals surface area (Å²) in [6.45, 7) is 4.64. The normalized spacial score (nSPS) is 13.6. The van der Waals surface area contributed by atoms with E-state index >= 15 is 0 Å². The fraction of sp³-hybridized carbons (Fsp3) is 0.154. The Morgan fingerprint density at radius 2 is 1.55 bits per heavy atom. The van der Waals surface area contributed by atoms with Crippen LogP contribution in [0.15, 0.2) is 78.5 Å². The van der Waals surface area contributed by atoms with Crippen LogP contribution < -0.4 is 14.5 Å². The second-order valence-corrected chi connectivity index (χ2v) is 7.30. The van der Waals surface area contributed by atoms with Gasteiger partial charge in [-0.2, -0.15) is 0 Å². The van der Waals surface area contributed by atoms with E-state index in [4.69, 9.17) is 4.74 Å². The lowest BCUT2D eigenvalue weighted by Gasteiger charge is -2.25. The molecule has 0 fully saturated rings. The summed E-state index contributed by atoms with van der Waals surface area (Å²) in [4.78, 5) is 29.8. The number of hydrogen-bond acceptors (Lipinski definition) is 4. The molecule has 1 aliphatic heterocycles. The minimum atomic E-state index is -1.14. The summed E-state index contributed by atoms with van der Waals surface area (Å²) in [6.07, 6.45) is 0. The third-order valence-corrected chi connectivity index (χ3v) is 5.33. The number of nitrogens with zero attached hydrogens (tertiary/aromatic N) is 2. The molecule has 0 spiro atoms. The Morgan fingerprint density at radius 3 is 2.15 bits per heavy atom. The Balaban J connectivity index is 1.87. The van der Waals surface area contributed by atoms with Crippen LogP contribution in [-0.4, -0.2) is 25.0 Å². The van der Waals surface area contributed by atoms with Crippen LogP contribution in [0.3, 0.4) is 0 Å². The van der Waals surface area contributed by atoms with Gasteiger partial charge in [0.15, 0.2) is 11.6 Å². The fourth-order valence-electron chi connectivity index (χ4n) is 3.85. The average Bonchev–Trinajstić information content (AvgIpc) is 3.08. The lowest BCUT2D eigenvalue weighted by Crippen LogP contribution is -2.35. The molecule has 5 nitrogen and oxygen atoms in total. The standard InChI is InChI=1S/C26H22F2N2O3/c1-3-29(18-8-6-5-7-9-18)24-23(17-10-13-20(14-11-17)33-4-2)25(31)30(26(24)32)19-12-15-21(27)22(28)16-19/h5-16H,3-4H2,1-2H3. The molecule has 1 aliphatic rings. The van der Waals surface area contributed by atoms with Crippen molar-refractivity contribution in [3.05, 3.63) is 95.7 Å². The minimum Gasteiger partial charge on any atom is -0.494 e. The van der Waals surface area contributed by atoms with Gasteiger partial charge in [-0.15, -0.1) is 0 Å². The zero-order valence-corrected chi connectivity index (χ0v) is 18.2. The lowest BCUT2D eigenvalue weighted by atomic mass is 10.0. The molecule has 0 atom stereocenters. The van der Waals surface area contributed by atoms with Crippen LogP contribution in [0.5, 0.6) is 5.75 Å². The van der Waals surface area contributed by atoms with Gasteiger partial charge < -0.3 is 9.64 Å². The van der Waals surface area contributed by atoms with Crippen LogP contribution in [0.2, 0.25) is 0 Å². The molecule has 1 heterocycles. The number of anilines is 2. The lowest BCUT2D eigenvalue weighted by molar-refractivity contribution is -0.120. The molecule has 4 rings (SSSR count). The van der Waals surface area contributed by atoms with E-state index in [0.717, 1.165) is 22.7 Å². The number of carbonyl (C=O) groups is 2. The van der Waals surface area contributed by atoms with E-state index in [9.17, 15) is 18.4 Å². The van der Waals surface area contributed by atoms with Gasteiger partial charge in [0.05, 0.1) is 17.9 Å². The zero-order chi connectivity index (χ0) is 23.5. The van der Waals surface area contributed by atoms with Crippen LogP contribution in [0, 0.1) is 11.6 Å². The monoisotopic (exact) mass is 448 g/mol. The quantitative estimate of drug-likeness (QED) is 0.468. The average molecular weight is 448 g/mol. The molecule has 2 amide bonds. The number of rotatable bonds is 7. The first-order valence-electron chi connectivity index (χ1n) is 10.6. The number of halogens is 2. The molecule has 0 bridgehead atoms. The van der Waals surface area contributed by atoms with E-state index in [-0.39, 0.29) is 17.0 Å². The molecular weight excluding hydrogens is 426 g/mol. The highest BCUT2D eigenvalue weighted by molar-refractivity contribution is 6.46. The fourth-order valence-corrected chi connectivity index (χ4v) is 3.85. The summed E-state index contributed by atoms with van der Waals surface area (Å²) >= 11 is 0. The first-order valence-corrected chi connectivity index (χ1v) is 10.6. The summed E-state index contributed by atoms with van der Waals surface area (Å²) in [6, 6.07) is 19.0. The van der Waals surface area contributed by atoms with Gasteiger partial charge in [0.1, 0.15) is 11.4 Å². The third kappa shape index (κ3) is 4.09. The number of imide groups is 1. The maximum atomic E-state index is 13.9. The van der Waals surface area contributed by atoms with Crippen molar-refractivity contribution in [2.45, 2.75) is 13.8 Å². The van der Waals surface area contributed by atoms with Crippen LogP contribution in [-0.2, 0) is 9.59 Å². The molecule has 3 aromatic carbocycles. The van der Waals surface area contributed by atoms with Crippen LogP contribution in [0.4, 0.5) is 20.2 Å². The number of amides is 2. The molecule has 0 radical (unpaired) electrons. The SMILES string of the molecule is CCOc1ccc(C2=C(N(CC)c3ccccc3)C(=O)N(c3ccc(F)c(F)c3)C2=O)cc1. The summed E-state index contributed by atoms with van der Waals surface area (Å²) in [5.41, 5.74) is 1.56. The molecule has 7 heteroatoms. The molecule has 168 valence electrons. The Bertz CT molecular complexity index is 1220. The number of ether oxygens (including phenoxy) is 1. The van der Waals surface area contributed by atoms with Crippen molar-refractivity contribution < 1.29 is 23.1 Å². The molecule has 0 N–H and O–H groups in total. The highest BCUT2D eigenvalue weighted by atomic mass is 19.2. The first kappa shape index (κ1) is 22.2. The Kier molecular flexibility index (Phi) is 6.22. The van der Waals surface area contributed by atoms with Gasteiger partial charge in [-0.25, -0.2) is 13.7 Å². The largest absolute Gasteiger partial charge is 0.494 e. The van der Waals surface area contributed by atoms with Gasteiger partial charge >= 0.3 is 0 Å².